The van der Waals surface area contributed by atoms with Gasteiger partial charge < -0.3 is 0 Å². The molecule has 2 aliphatic carbocycles. The third kappa shape index (κ3) is 0.953. The molecule has 0 N–H and O–H groups in total. The molecule has 0 nitrogen and oxygen atoms in total. The van der Waals surface area contributed by atoms with Crippen molar-refractivity contribution in [1.82, 2.24) is 0 Å². The van der Waals surface area contributed by atoms with Gasteiger partial charge in [0.25, 0.3) is 0 Å². The molecule has 0 saturated heterocycles. The number of rotatable bonds is 0. The standard InChI is InChI=1S/C11H18/c1-8-10(11(8,2)3)9-6-4-5-7-9/h8H,4-7H2,1-3H3. The fourth-order valence-electron chi connectivity index (χ4n) is 2.60. The van der Waals surface area contributed by atoms with Gasteiger partial charge in [-0.2, -0.15) is 0 Å². The monoisotopic (exact) mass is 150 g/mol. The molecule has 1 atom stereocenters. The second-order valence-corrected chi connectivity index (χ2v) is 4.67. The van der Waals surface area contributed by atoms with E-state index in [9.17, 15) is 0 Å². The molecule has 2 saturated carbocycles. The molecule has 0 heterocycles. The molecule has 0 aromatic rings. The maximum absolute atomic E-state index is 2.39. The Bertz CT molecular complexity index is 200. The maximum atomic E-state index is 2.39. The van der Waals surface area contributed by atoms with Gasteiger partial charge in [-0.05, 0) is 37.0 Å². The summed E-state index contributed by atoms with van der Waals surface area (Å²) in [5, 5.41) is 0. The Morgan fingerprint density at radius 2 is 1.64 bits per heavy atom. The maximum Gasteiger partial charge on any atom is -0.00759 e. The van der Waals surface area contributed by atoms with E-state index in [1.54, 1.807) is 5.57 Å². The molecule has 2 aliphatic rings. The van der Waals surface area contributed by atoms with Crippen LogP contribution in [0.15, 0.2) is 11.1 Å². The Morgan fingerprint density at radius 1 is 1.18 bits per heavy atom. The second kappa shape index (κ2) is 2.12. The summed E-state index contributed by atoms with van der Waals surface area (Å²) >= 11 is 0. The first-order valence-corrected chi connectivity index (χ1v) is 4.86. The van der Waals surface area contributed by atoms with Gasteiger partial charge in [0, 0.05) is 0 Å². The van der Waals surface area contributed by atoms with Crippen LogP contribution in [0.2, 0.25) is 0 Å². The lowest BCUT2D eigenvalue weighted by molar-refractivity contribution is 0.595. The lowest BCUT2D eigenvalue weighted by atomic mass is 10.1. The van der Waals surface area contributed by atoms with Gasteiger partial charge in [0.2, 0.25) is 0 Å². The molecule has 0 aromatic carbocycles. The van der Waals surface area contributed by atoms with Gasteiger partial charge in [-0.3, -0.25) is 0 Å². The van der Waals surface area contributed by atoms with Gasteiger partial charge in [-0.1, -0.05) is 31.9 Å². The minimum absolute atomic E-state index is 0.569. The highest BCUT2D eigenvalue weighted by molar-refractivity contribution is 5.40. The summed E-state index contributed by atoms with van der Waals surface area (Å²) in [6.45, 7) is 7.15. The van der Waals surface area contributed by atoms with Crippen molar-refractivity contribution in [3.63, 3.8) is 0 Å². The predicted molar refractivity (Wildman–Crippen MR) is 48.4 cm³/mol. The van der Waals surface area contributed by atoms with Crippen LogP contribution in [0, 0.1) is 11.3 Å². The Morgan fingerprint density at radius 3 is 2.00 bits per heavy atom. The smallest absolute Gasteiger partial charge is 0.00759 e. The van der Waals surface area contributed by atoms with Crippen LogP contribution < -0.4 is 0 Å². The van der Waals surface area contributed by atoms with Crippen molar-refractivity contribution in [1.29, 1.82) is 0 Å². The first-order chi connectivity index (χ1) is 5.14. The molecule has 62 valence electrons. The molecule has 1 unspecified atom stereocenters. The van der Waals surface area contributed by atoms with Crippen molar-refractivity contribution in [3.8, 4) is 0 Å². The Balaban J connectivity index is 2.23. The lowest BCUT2D eigenvalue weighted by Gasteiger charge is -1.97. The molecule has 0 amide bonds. The quantitative estimate of drug-likeness (QED) is 0.463. The van der Waals surface area contributed by atoms with Gasteiger partial charge >= 0.3 is 0 Å². The minimum Gasteiger partial charge on any atom is -0.0701 e. The van der Waals surface area contributed by atoms with Crippen LogP contribution in [-0.4, -0.2) is 0 Å². The van der Waals surface area contributed by atoms with Crippen LogP contribution in [0.4, 0.5) is 0 Å². The summed E-state index contributed by atoms with van der Waals surface area (Å²) in [4.78, 5) is 0. The van der Waals surface area contributed by atoms with Crippen molar-refractivity contribution >= 4 is 0 Å². The fourth-order valence-corrected chi connectivity index (χ4v) is 2.60. The zero-order valence-corrected chi connectivity index (χ0v) is 7.91. The molecule has 0 spiro atoms. The van der Waals surface area contributed by atoms with Crippen molar-refractivity contribution < 1.29 is 0 Å². The molecule has 0 bridgehead atoms. The summed E-state index contributed by atoms with van der Waals surface area (Å²) in [6.07, 6.45) is 5.70. The van der Waals surface area contributed by atoms with Crippen molar-refractivity contribution in [2.24, 2.45) is 11.3 Å². The molecule has 11 heavy (non-hydrogen) atoms. The van der Waals surface area contributed by atoms with Crippen LogP contribution >= 0.6 is 0 Å². The van der Waals surface area contributed by atoms with E-state index in [0.717, 1.165) is 5.92 Å². The molecule has 0 radical (unpaired) electrons. The van der Waals surface area contributed by atoms with Gasteiger partial charge in [-0.25, -0.2) is 0 Å². The lowest BCUT2D eigenvalue weighted by Crippen LogP contribution is -1.85. The van der Waals surface area contributed by atoms with E-state index in [2.05, 4.69) is 20.8 Å². The number of hydrogen-bond donors (Lipinski definition) is 0. The van der Waals surface area contributed by atoms with Crippen molar-refractivity contribution in [2.75, 3.05) is 0 Å². The summed E-state index contributed by atoms with van der Waals surface area (Å²) in [6, 6.07) is 0. The SMILES string of the molecule is CC1C(=C2CCCC2)C1(C)C. The van der Waals surface area contributed by atoms with Crippen LogP contribution in [-0.2, 0) is 0 Å². The van der Waals surface area contributed by atoms with Gasteiger partial charge in [0.05, 0.1) is 0 Å². The van der Waals surface area contributed by atoms with Gasteiger partial charge in [0.1, 0.15) is 0 Å². The topological polar surface area (TPSA) is 0 Å². The third-order valence-corrected chi connectivity index (χ3v) is 3.71. The van der Waals surface area contributed by atoms with Gasteiger partial charge in [-0.15, -0.1) is 0 Å². The van der Waals surface area contributed by atoms with Gasteiger partial charge in [0.15, 0.2) is 0 Å². The third-order valence-electron chi connectivity index (χ3n) is 3.71. The normalized spacial score (nSPS) is 34.6. The average molecular weight is 150 g/mol. The van der Waals surface area contributed by atoms with Crippen molar-refractivity contribution in [2.45, 2.75) is 46.5 Å². The van der Waals surface area contributed by atoms with Crippen LogP contribution in [0.5, 0.6) is 0 Å². The first-order valence-electron chi connectivity index (χ1n) is 4.86. The van der Waals surface area contributed by atoms with Crippen LogP contribution in [0.3, 0.4) is 0 Å². The highest BCUT2D eigenvalue weighted by atomic mass is 14.5. The molecular weight excluding hydrogens is 132 g/mol. The van der Waals surface area contributed by atoms with E-state index < -0.39 is 0 Å². The van der Waals surface area contributed by atoms with E-state index in [0.29, 0.717) is 5.41 Å². The zero-order valence-electron chi connectivity index (χ0n) is 7.91. The molecular formula is C11H18. The second-order valence-electron chi connectivity index (χ2n) is 4.67. The van der Waals surface area contributed by atoms with E-state index in [1.165, 1.54) is 25.7 Å². The fraction of sp³-hybridized carbons (Fsp3) is 0.818. The highest BCUT2D eigenvalue weighted by Crippen LogP contribution is 2.60. The van der Waals surface area contributed by atoms with Crippen molar-refractivity contribution in [3.05, 3.63) is 11.1 Å². The molecule has 0 aliphatic heterocycles. The molecule has 2 fully saturated rings. The Hall–Kier alpha value is -0.260. The highest BCUT2D eigenvalue weighted by Gasteiger charge is 2.50. The summed E-state index contributed by atoms with van der Waals surface area (Å²) in [7, 11) is 0. The summed E-state index contributed by atoms with van der Waals surface area (Å²) in [5.74, 6) is 0.885. The average Bonchev–Trinajstić information content (AvgIpc) is 2.40. The molecule has 2 rings (SSSR count). The zero-order chi connectivity index (χ0) is 8.06. The molecule has 0 heteroatoms. The van der Waals surface area contributed by atoms with E-state index in [4.69, 9.17) is 0 Å². The molecule has 0 aromatic heterocycles. The minimum atomic E-state index is 0.569. The van der Waals surface area contributed by atoms with E-state index >= 15 is 0 Å². The van der Waals surface area contributed by atoms with E-state index in [-0.39, 0.29) is 0 Å². The largest absolute Gasteiger partial charge is 0.0701 e. The number of allylic oxidation sites excluding steroid dienone is 2. The van der Waals surface area contributed by atoms with Crippen LogP contribution in [0.25, 0.3) is 0 Å². The van der Waals surface area contributed by atoms with E-state index in [1.807, 2.05) is 5.57 Å². The first kappa shape index (κ1) is 7.39. The Labute approximate surface area is 69.7 Å². The van der Waals surface area contributed by atoms with Crippen LogP contribution in [0.1, 0.15) is 46.5 Å². The number of hydrogen-bond acceptors (Lipinski definition) is 0. The summed E-state index contributed by atoms with van der Waals surface area (Å²) < 4.78 is 0. The summed E-state index contributed by atoms with van der Waals surface area (Å²) in [5.41, 5.74) is 4.18. The predicted octanol–water partition coefficient (Wildman–Crippen LogP) is 3.53. The Kier molecular flexibility index (Phi) is 1.42.